The minimum Gasteiger partial charge on any atom is -0.462 e. The van der Waals surface area contributed by atoms with E-state index in [-0.39, 0.29) is 23.4 Å². The van der Waals surface area contributed by atoms with Crippen LogP contribution in [-0.4, -0.2) is 12.1 Å². The zero-order chi connectivity index (χ0) is 24.9. The highest BCUT2D eigenvalue weighted by Crippen LogP contribution is 2.47. The van der Waals surface area contributed by atoms with Crippen LogP contribution in [0.2, 0.25) is 0 Å². The molecule has 0 radical (unpaired) electrons. The normalized spacial score (nSPS) is 33.7. The van der Waals surface area contributed by atoms with Gasteiger partial charge in [0.15, 0.2) is 0 Å². The van der Waals surface area contributed by atoms with Crippen LogP contribution < -0.4 is 0 Å². The Hall–Kier alpha value is -1.04. The van der Waals surface area contributed by atoms with Gasteiger partial charge in [0.05, 0.1) is 17.4 Å². The summed E-state index contributed by atoms with van der Waals surface area (Å²) in [5, 5.41) is 9.93. The zero-order valence-corrected chi connectivity index (χ0v) is 23.2. The molecule has 3 saturated carbocycles. The Labute approximate surface area is 217 Å². The van der Waals surface area contributed by atoms with Crippen molar-refractivity contribution in [1.29, 1.82) is 5.26 Å². The van der Waals surface area contributed by atoms with E-state index >= 15 is 0 Å². The quantitative estimate of drug-likeness (QED) is 0.193. The largest absolute Gasteiger partial charge is 0.462 e. The van der Waals surface area contributed by atoms with Crippen LogP contribution in [0.15, 0.2) is 0 Å². The molecule has 0 bridgehead atoms. The van der Waals surface area contributed by atoms with Crippen LogP contribution in [0.4, 0.5) is 0 Å². The smallest absolute Gasteiger partial charge is 0.309 e. The molecule has 3 nitrogen and oxygen atoms in total. The number of nitriles is 1. The Morgan fingerprint density at radius 1 is 0.771 bits per heavy atom. The summed E-state index contributed by atoms with van der Waals surface area (Å²) in [4.78, 5) is 12.8. The highest BCUT2D eigenvalue weighted by atomic mass is 16.5. The molecule has 0 amide bonds. The van der Waals surface area contributed by atoms with Gasteiger partial charge in [0.2, 0.25) is 0 Å². The van der Waals surface area contributed by atoms with Crippen molar-refractivity contribution in [2.24, 2.45) is 29.1 Å². The van der Waals surface area contributed by atoms with Crippen molar-refractivity contribution < 1.29 is 9.53 Å². The molecule has 3 aliphatic rings. The molecule has 0 saturated heterocycles. The number of unbranched alkanes of at least 4 members (excludes halogenated alkanes) is 6. The molecule has 0 aromatic rings. The standard InChI is InChI=1S/C32H55NO2/c1-3-5-7-8-10-22-32(25-33)23-20-28(21-24-32)27-16-18-30(19-17-27)35-31(34)29-14-12-26(13-15-29)11-9-6-4-2/h26-30H,3-24H2,1-2H3. The van der Waals surface area contributed by atoms with Crippen LogP contribution in [0.5, 0.6) is 0 Å². The number of nitrogens with zero attached hydrogens (tertiary/aromatic N) is 1. The number of hydrogen-bond donors (Lipinski definition) is 0. The Balaban J connectivity index is 1.31. The van der Waals surface area contributed by atoms with Gasteiger partial charge < -0.3 is 4.74 Å². The van der Waals surface area contributed by atoms with Crippen molar-refractivity contribution in [3.63, 3.8) is 0 Å². The summed E-state index contributed by atoms with van der Waals surface area (Å²) in [6.07, 6.45) is 26.9. The Kier molecular flexibility index (Phi) is 12.4. The van der Waals surface area contributed by atoms with Crippen molar-refractivity contribution in [3.05, 3.63) is 0 Å². The number of carbonyl (C=O) groups excluding carboxylic acids is 1. The van der Waals surface area contributed by atoms with Crippen LogP contribution in [-0.2, 0) is 9.53 Å². The van der Waals surface area contributed by atoms with E-state index in [1.165, 1.54) is 96.3 Å². The lowest BCUT2D eigenvalue weighted by Crippen LogP contribution is -2.34. The van der Waals surface area contributed by atoms with Gasteiger partial charge in [-0.3, -0.25) is 4.79 Å². The number of carbonyl (C=O) groups is 1. The van der Waals surface area contributed by atoms with Gasteiger partial charge in [-0.05, 0) is 101 Å². The van der Waals surface area contributed by atoms with E-state index in [2.05, 4.69) is 19.9 Å². The molecule has 0 aliphatic heterocycles. The first kappa shape index (κ1) is 28.5. The van der Waals surface area contributed by atoms with E-state index in [0.29, 0.717) is 0 Å². The van der Waals surface area contributed by atoms with Gasteiger partial charge >= 0.3 is 5.97 Å². The summed E-state index contributed by atoms with van der Waals surface area (Å²) in [6.45, 7) is 4.53. The SMILES string of the molecule is CCCCCCCC1(C#N)CCC(C2CCC(OC(=O)C3CCC(CCCCC)CC3)CC2)CC1. The first-order valence-electron chi connectivity index (χ1n) is 15.7. The zero-order valence-electron chi connectivity index (χ0n) is 23.2. The summed E-state index contributed by atoms with van der Waals surface area (Å²) in [5.74, 6) is 2.68. The molecule has 3 fully saturated rings. The fourth-order valence-electron chi connectivity index (χ4n) is 7.46. The molecule has 35 heavy (non-hydrogen) atoms. The maximum absolute atomic E-state index is 12.8. The fraction of sp³-hybridized carbons (Fsp3) is 0.938. The third-order valence-electron chi connectivity index (χ3n) is 10.0. The van der Waals surface area contributed by atoms with Crippen molar-refractivity contribution in [1.82, 2.24) is 0 Å². The number of ether oxygens (including phenoxy) is 1. The maximum atomic E-state index is 12.8. The molecule has 3 rings (SSSR count). The van der Waals surface area contributed by atoms with Crippen LogP contribution in [0.3, 0.4) is 0 Å². The van der Waals surface area contributed by atoms with E-state index in [9.17, 15) is 10.1 Å². The van der Waals surface area contributed by atoms with E-state index in [0.717, 1.165) is 62.7 Å². The fourth-order valence-corrected chi connectivity index (χ4v) is 7.46. The minimum absolute atomic E-state index is 0.0372. The highest BCUT2D eigenvalue weighted by Gasteiger charge is 2.39. The van der Waals surface area contributed by atoms with E-state index in [4.69, 9.17) is 4.74 Å². The first-order valence-corrected chi connectivity index (χ1v) is 15.7. The molecule has 200 valence electrons. The Morgan fingerprint density at radius 3 is 2.00 bits per heavy atom. The highest BCUT2D eigenvalue weighted by molar-refractivity contribution is 5.72. The van der Waals surface area contributed by atoms with Crippen molar-refractivity contribution >= 4 is 5.97 Å². The van der Waals surface area contributed by atoms with Gasteiger partial charge in [0.1, 0.15) is 6.10 Å². The molecule has 0 aromatic carbocycles. The predicted octanol–water partition coefficient (Wildman–Crippen LogP) is 9.54. The molecule has 3 heteroatoms. The lowest BCUT2D eigenvalue weighted by atomic mass is 9.64. The molecule has 0 heterocycles. The van der Waals surface area contributed by atoms with Crippen LogP contribution >= 0.6 is 0 Å². The molecule has 3 aliphatic carbocycles. The molecule has 0 N–H and O–H groups in total. The van der Waals surface area contributed by atoms with Crippen LogP contribution in [0, 0.1) is 40.4 Å². The molecular weight excluding hydrogens is 430 g/mol. The summed E-state index contributed by atoms with van der Waals surface area (Å²) in [6, 6.07) is 2.75. The Bertz CT molecular complexity index is 628. The second-order valence-corrected chi connectivity index (χ2v) is 12.6. The Morgan fingerprint density at radius 2 is 1.37 bits per heavy atom. The van der Waals surface area contributed by atoms with E-state index in [1.807, 2.05) is 0 Å². The average Bonchev–Trinajstić information content (AvgIpc) is 2.90. The van der Waals surface area contributed by atoms with Crippen LogP contribution in [0.1, 0.15) is 155 Å². The molecule has 0 spiro atoms. The lowest BCUT2D eigenvalue weighted by Gasteiger charge is -2.40. The lowest BCUT2D eigenvalue weighted by molar-refractivity contribution is -0.157. The van der Waals surface area contributed by atoms with Crippen molar-refractivity contribution in [2.75, 3.05) is 0 Å². The summed E-state index contributed by atoms with van der Waals surface area (Å²) in [5.41, 5.74) is -0.0372. The van der Waals surface area contributed by atoms with Crippen LogP contribution in [0.25, 0.3) is 0 Å². The van der Waals surface area contributed by atoms with Crippen molar-refractivity contribution in [3.8, 4) is 6.07 Å². The second-order valence-electron chi connectivity index (χ2n) is 12.6. The predicted molar refractivity (Wildman–Crippen MR) is 145 cm³/mol. The molecular formula is C32H55NO2. The van der Waals surface area contributed by atoms with Gasteiger partial charge in [-0.25, -0.2) is 0 Å². The minimum atomic E-state index is -0.0372. The second kappa shape index (κ2) is 15.3. The number of hydrogen-bond acceptors (Lipinski definition) is 3. The average molecular weight is 486 g/mol. The monoisotopic (exact) mass is 485 g/mol. The summed E-state index contributed by atoms with van der Waals surface area (Å²) < 4.78 is 6.04. The maximum Gasteiger partial charge on any atom is 0.309 e. The van der Waals surface area contributed by atoms with Gasteiger partial charge in [-0.1, -0.05) is 71.6 Å². The van der Waals surface area contributed by atoms with Gasteiger partial charge in [0, 0.05) is 0 Å². The number of esters is 1. The molecule has 0 unspecified atom stereocenters. The van der Waals surface area contributed by atoms with E-state index in [1.54, 1.807) is 0 Å². The van der Waals surface area contributed by atoms with Gasteiger partial charge in [-0.2, -0.15) is 5.26 Å². The topological polar surface area (TPSA) is 50.1 Å². The van der Waals surface area contributed by atoms with E-state index < -0.39 is 0 Å². The van der Waals surface area contributed by atoms with Gasteiger partial charge in [0.25, 0.3) is 0 Å². The molecule has 0 aromatic heterocycles. The summed E-state index contributed by atoms with van der Waals surface area (Å²) in [7, 11) is 0. The third kappa shape index (κ3) is 9.09. The first-order chi connectivity index (χ1) is 17.1. The van der Waals surface area contributed by atoms with Gasteiger partial charge in [-0.15, -0.1) is 0 Å². The molecule has 0 atom stereocenters. The third-order valence-corrected chi connectivity index (χ3v) is 10.0. The van der Waals surface area contributed by atoms with Crippen molar-refractivity contribution in [2.45, 2.75) is 161 Å². The summed E-state index contributed by atoms with van der Waals surface area (Å²) >= 11 is 0. The number of rotatable bonds is 13.